The number of anilines is 1. The molecule has 7 nitrogen and oxygen atoms in total. The maximum absolute atomic E-state index is 13.4. The molecule has 0 radical (unpaired) electrons. The highest BCUT2D eigenvalue weighted by molar-refractivity contribution is 6.04. The van der Waals surface area contributed by atoms with Crippen LogP contribution in [0.15, 0.2) is 54.6 Å². The van der Waals surface area contributed by atoms with Crippen LogP contribution in [0.3, 0.4) is 0 Å². The lowest BCUT2D eigenvalue weighted by Gasteiger charge is -2.33. The number of aromatic amines is 1. The first-order valence-corrected chi connectivity index (χ1v) is 12.4. The van der Waals surface area contributed by atoms with Gasteiger partial charge in [0.25, 0.3) is 5.91 Å². The Kier molecular flexibility index (Phi) is 8.74. The molecule has 0 bridgehead atoms. The third-order valence-electron chi connectivity index (χ3n) is 6.47. The van der Waals surface area contributed by atoms with Gasteiger partial charge in [0.05, 0.1) is 5.69 Å². The molecule has 1 amide bonds. The quantitative estimate of drug-likeness (QED) is 0.342. The zero-order valence-corrected chi connectivity index (χ0v) is 20.9. The van der Waals surface area contributed by atoms with Gasteiger partial charge in [-0.25, -0.2) is 4.39 Å². The van der Waals surface area contributed by atoms with E-state index < -0.39 is 6.10 Å². The summed E-state index contributed by atoms with van der Waals surface area (Å²) >= 11 is 0. The van der Waals surface area contributed by atoms with E-state index in [-0.39, 0.29) is 18.3 Å². The number of ether oxygens (including phenoxy) is 1. The third-order valence-corrected chi connectivity index (χ3v) is 6.47. The van der Waals surface area contributed by atoms with Crippen LogP contribution in [0.5, 0.6) is 5.75 Å². The van der Waals surface area contributed by atoms with E-state index in [0.717, 1.165) is 49.3 Å². The van der Waals surface area contributed by atoms with Gasteiger partial charge in [0.15, 0.2) is 0 Å². The Hall–Kier alpha value is -3.20. The van der Waals surface area contributed by atoms with E-state index in [2.05, 4.69) is 20.5 Å². The largest absolute Gasteiger partial charge is 0.489 e. The van der Waals surface area contributed by atoms with Gasteiger partial charge in [-0.15, -0.1) is 0 Å². The number of carbonyl (C=O) groups excluding carboxylic acids is 1. The number of aromatic nitrogens is 1. The number of piperidine rings is 1. The van der Waals surface area contributed by atoms with Crippen molar-refractivity contribution in [1.82, 2.24) is 15.2 Å². The minimum absolute atomic E-state index is 0.110. The highest BCUT2D eigenvalue weighted by Gasteiger charge is 2.20. The van der Waals surface area contributed by atoms with E-state index in [1.54, 1.807) is 24.3 Å². The van der Waals surface area contributed by atoms with Gasteiger partial charge in [0.2, 0.25) is 0 Å². The molecular weight excluding hydrogens is 459 g/mol. The van der Waals surface area contributed by atoms with E-state index in [1.165, 1.54) is 6.07 Å². The van der Waals surface area contributed by atoms with Crippen LogP contribution in [-0.4, -0.2) is 59.3 Å². The van der Waals surface area contributed by atoms with Crippen molar-refractivity contribution in [3.05, 3.63) is 82.9 Å². The lowest BCUT2D eigenvalue weighted by atomic mass is 10.0. The summed E-state index contributed by atoms with van der Waals surface area (Å²) < 4.78 is 19.3. The Morgan fingerprint density at radius 3 is 2.67 bits per heavy atom. The number of nitrogens with one attached hydrogen (secondary N) is 3. The van der Waals surface area contributed by atoms with Crippen LogP contribution in [-0.2, 0) is 6.54 Å². The number of rotatable bonds is 10. The van der Waals surface area contributed by atoms with Gasteiger partial charge in [-0.1, -0.05) is 24.3 Å². The number of halogens is 1. The molecule has 192 valence electrons. The summed E-state index contributed by atoms with van der Waals surface area (Å²) in [5.41, 5.74) is 3.87. The van der Waals surface area contributed by atoms with Gasteiger partial charge in [0, 0.05) is 24.8 Å². The van der Waals surface area contributed by atoms with Gasteiger partial charge < -0.3 is 25.5 Å². The van der Waals surface area contributed by atoms with Crippen molar-refractivity contribution >= 4 is 11.6 Å². The number of hydrogen-bond donors (Lipinski definition) is 4. The van der Waals surface area contributed by atoms with Crippen LogP contribution in [0, 0.1) is 19.7 Å². The summed E-state index contributed by atoms with van der Waals surface area (Å²) in [6.07, 6.45) is 1.25. The number of para-hydroxylation sites is 2. The minimum Gasteiger partial charge on any atom is -0.489 e. The smallest absolute Gasteiger partial charge is 0.272 e. The number of aliphatic hydroxyl groups excluding tert-OH is 1. The molecule has 1 unspecified atom stereocenters. The molecule has 1 atom stereocenters. The van der Waals surface area contributed by atoms with Gasteiger partial charge in [-0.3, -0.25) is 9.69 Å². The van der Waals surface area contributed by atoms with E-state index >= 15 is 0 Å². The Balaban J connectivity index is 1.20. The average Bonchev–Trinajstić information content (AvgIpc) is 3.21. The lowest BCUT2D eigenvalue weighted by Crippen LogP contribution is -2.45. The van der Waals surface area contributed by atoms with Crippen LogP contribution in [0.25, 0.3) is 0 Å². The molecule has 8 heteroatoms. The normalized spacial score (nSPS) is 15.6. The Labute approximate surface area is 211 Å². The summed E-state index contributed by atoms with van der Waals surface area (Å²) in [4.78, 5) is 18.1. The fourth-order valence-electron chi connectivity index (χ4n) is 4.58. The standard InChI is InChI=1S/C28H35FN4O3/c1-19-14-20(2)31-27(19)28(35)32-25-8-3-4-9-26(25)36-18-24(34)16-30-23-10-12-33(13-11-23)17-21-6-5-7-22(29)15-21/h3-9,14-15,23-24,30-31,34H,10-13,16-18H2,1-2H3,(H,32,35). The number of nitrogens with zero attached hydrogens (tertiary/aromatic N) is 1. The van der Waals surface area contributed by atoms with Crippen molar-refractivity contribution < 1.29 is 19.0 Å². The van der Waals surface area contributed by atoms with Crippen molar-refractivity contribution in [2.45, 2.75) is 45.4 Å². The molecule has 4 rings (SSSR count). The SMILES string of the molecule is Cc1cc(C)c(C(=O)Nc2ccccc2OCC(O)CNC2CCN(Cc3cccc(F)c3)CC2)[nH]1. The first-order chi connectivity index (χ1) is 17.4. The molecule has 1 aromatic heterocycles. The Morgan fingerprint density at radius 2 is 1.94 bits per heavy atom. The third kappa shape index (κ3) is 7.16. The van der Waals surface area contributed by atoms with E-state index in [9.17, 15) is 14.3 Å². The predicted molar refractivity (Wildman–Crippen MR) is 139 cm³/mol. The van der Waals surface area contributed by atoms with Crippen LogP contribution in [0.2, 0.25) is 0 Å². The fraction of sp³-hybridized carbons (Fsp3) is 0.393. The molecule has 1 saturated heterocycles. The Morgan fingerprint density at radius 1 is 1.17 bits per heavy atom. The van der Waals surface area contributed by atoms with Gasteiger partial charge in [-0.05, 0) is 81.2 Å². The molecule has 4 N–H and O–H groups in total. The second kappa shape index (κ2) is 12.2. The summed E-state index contributed by atoms with van der Waals surface area (Å²) in [5.74, 6) is 0.0788. The molecule has 1 fully saturated rings. The number of carbonyl (C=O) groups is 1. The second-order valence-corrected chi connectivity index (χ2v) is 9.51. The number of likely N-dealkylation sites (tertiary alicyclic amines) is 1. The van der Waals surface area contributed by atoms with Crippen molar-refractivity contribution in [3.63, 3.8) is 0 Å². The topological polar surface area (TPSA) is 89.6 Å². The van der Waals surface area contributed by atoms with E-state index in [1.807, 2.05) is 38.1 Å². The first-order valence-electron chi connectivity index (χ1n) is 12.4. The average molecular weight is 495 g/mol. The summed E-state index contributed by atoms with van der Waals surface area (Å²) in [6.45, 7) is 6.93. The number of aliphatic hydroxyl groups is 1. The summed E-state index contributed by atoms with van der Waals surface area (Å²) in [5, 5.41) is 16.8. The first kappa shape index (κ1) is 25.9. The molecule has 36 heavy (non-hydrogen) atoms. The minimum atomic E-state index is -0.688. The second-order valence-electron chi connectivity index (χ2n) is 9.51. The van der Waals surface area contributed by atoms with Crippen molar-refractivity contribution in [1.29, 1.82) is 0 Å². The molecule has 2 heterocycles. The van der Waals surface area contributed by atoms with Crippen LogP contribution in [0.1, 0.15) is 40.2 Å². The fourth-order valence-corrected chi connectivity index (χ4v) is 4.58. The molecule has 0 aliphatic carbocycles. The number of hydrogen-bond acceptors (Lipinski definition) is 5. The van der Waals surface area contributed by atoms with Crippen LogP contribution >= 0.6 is 0 Å². The Bertz CT molecular complexity index is 1160. The van der Waals surface area contributed by atoms with Crippen molar-refractivity contribution in [3.8, 4) is 5.75 Å². The van der Waals surface area contributed by atoms with E-state index in [0.29, 0.717) is 29.7 Å². The zero-order chi connectivity index (χ0) is 25.5. The van der Waals surface area contributed by atoms with Crippen molar-refractivity contribution in [2.24, 2.45) is 0 Å². The van der Waals surface area contributed by atoms with Gasteiger partial charge in [0.1, 0.15) is 30.0 Å². The number of benzene rings is 2. The van der Waals surface area contributed by atoms with E-state index in [4.69, 9.17) is 4.74 Å². The molecule has 2 aromatic carbocycles. The monoisotopic (exact) mass is 494 g/mol. The summed E-state index contributed by atoms with van der Waals surface area (Å²) in [7, 11) is 0. The maximum atomic E-state index is 13.4. The highest BCUT2D eigenvalue weighted by atomic mass is 19.1. The molecular formula is C28H35FN4O3. The zero-order valence-electron chi connectivity index (χ0n) is 20.9. The molecule has 0 saturated carbocycles. The number of H-pyrrole nitrogens is 1. The van der Waals surface area contributed by atoms with Crippen molar-refractivity contribution in [2.75, 3.05) is 31.6 Å². The maximum Gasteiger partial charge on any atom is 0.272 e. The van der Waals surface area contributed by atoms with Gasteiger partial charge in [-0.2, -0.15) is 0 Å². The number of amides is 1. The molecule has 3 aromatic rings. The predicted octanol–water partition coefficient (Wildman–Crippen LogP) is 4.02. The summed E-state index contributed by atoms with van der Waals surface area (Å²) in [6, 6.07) is 16.2. The van der Waals surface area contributed by atoms with Gasteiger partial charge >= 0.3 is 0 Å². The molecule has 1 aliphatic rings. The lowest BCUT2D eigenvalue weighted by molar-refractivity contribution is 0.0978. The molecule has 1 aliphatic heterocycles. The highest BCUT2D eigenvalue weighted by Crippen LogP contribution is 2.25. The molecule has 0 spiro atoms. The number of aryl methyl sites for hydroxylation is 2. The van der Waals surface area contributed by atoms with Crippen LogP contribution in [0.4, 0.5) is 10.1 Å². The van der Waals surface area contributed by atoms with Crippen LogP contribution < -0.4 is 15.4 Å².